The third kappa shape index (κ3) is 4.13. The number of amides is 2. The van der Waals surface area contributed by atoms with Gasteiger partial charge in [0.05, 0.1) is 16.1 Å². The topological polar surface area (TPSA) is 106 Å². The summed E-state index contributed by atoms with van der Waals surface area (Å²) < 4.78 is 5.26. The first kappa shape index (κ1) is 18.5. The van der Waals surface area contributed by atoms with Crippen molar-refractivity contribution in [3.8, 4) is 0 Å². The highest BCUT2D eigenvalue weighted by atomic mass is 32.2. The lowest BCUT2D eigenvalue weighted by molar-refractivity contribution is -0.385. The Kier molecular flexibility index (Phi) is 5.48. The zero-order valence-electron chi connectivity index (χ0n) is 13.5. The van der Waals surface area contributed by atoms with Crippen molar-refractivity contribution in [3.63, 3.8) is 0 Å². The molecule has 0 saturated carbocycles. The summed E-state index contributed by atoms with van der Waals surface area (Å²) in [5, 5.41) is 11.9. The molecule has 136 valence electrons. The van der Waals surface area contributed by atoms with Gasteiger partial charge in [0.1, 0.15) is 11.3 Å². The van der Waals surface area contributed by atoms with E-state index in [1.807, 2.05) is 0 Å². The van der Waals surface area contributed by atoms with Gasteiger partial charge in [0.15, 0.2) is 4.32 Å². The fraction of sp³-hybridized carbons (Fsp3) is 0. The van der Waals surface area contributed by atoms with Crippen LogP contribution in [0.5, 0.6) is 0 Å². The van der Waals surface area contributed by atoms with Crippen LogP contribution in [-0.4, -0.2) is 26.1 Å². The van der Waals surface area contributed by atoms with Crippen molar-refractivity contribution in [2.45, 2.75) is 0 Å². The second-order valence-corrected chi connectivity index (χ2v) is 6.80. The van der Waals surface area contributed by atoms with E-state index >= 15 is 0 Å². The van der Waals surface area contributed by atoms with Crippen LogP contribution in [0.1, 0.15) is 16.1 Å². The summed E-state index contributed by atoms with van der Waals surface area (Å²) in [7, 11) is 0. The van der Waals surface area contributed by atoms with Crippen LogP contribution in [0.15, 0.2) is 64.1 Å². The fourth-order valence-corrected chi connectivity index (χ4v) is 3.31. The van der Waals surface area contributed by atoms with E-state index in [4.69, 9.17) is 16.6 Å². The number of thiocarbonyl (C=S) groups is 1. The predicted octanol–water partition coefficient (Wildman–Crippen LogP) is 3.29. The Labute approximate surface area is 162 Å². The van der Waals surface area contributed by atoms with Gasteiger partial charge in [-0.15, -0.1) is 0 Å². The molecule has 8 nitrogen and oxygen atoms in total. The van der Waals surface area contributed by atoms with E-state index in [2.05, 4.69) is 5.43 Å². The summed E-state index contributed by atoms with van der Waals surface area (Å²) in [5.74, 6) is -0.710. The molecule has 0 radical (unpaired) electrons. The van der Waals surface area contributed by atoms with Crippen LogP contribution in [-0.2, 0) is 4.79 Å². The second kappa shape index (κ2) is 7.98. The Morgan fingerprint density at radius 1 is 1.30 bits per heavy atom. The molecule has 27 heavy (non-hydrogen) atoms. The third-order valence-electron chi connectivity index (χ3n) is 3.40. The molecule has 0 bridgehead atoms. The number of hydrogen-bond acceptors (Lipinski definition) is 7. The lowest BCUT2D eigenvalue weighted by atomic mass is 10.2. The van der Waals surface area contributed by atoms with Crippen LogP contribution in [0.4, 0.5) is 5.69 Å². The minimum Gasteiger partial charge on any atom is -0.465 e. The van der Waals surface area contributed by atoms with Crippen LogP contribution in [0.25, 0.3) is 6.08 Å². The number of nitrogens with zero attached hydrogens (tertiary/aromatic N) is 2. The summed E-state index contributed by atoms with van der Waals surface area (Å²) in [6, 6.07) is 8.93. The number of nitrogens with one attached hydrogen (secondary N) is 1. The van der Waals surface area contributed by atoms with Crippen molar-refractivity contribution >= 4 is 51.9 Å². The van der Waals surface area contributed by atoms with Crippen molar-refractivity contribution in [2.75, 3.05) is 0 Å². The minimum atomic E-state index is -0.800. The van der Waals surface area contributed by atoms with Crippen molar-refractivity contribution < 1.29 is 18.9 Å². The molecule has 2 aromatic rings. The van der Waals surface area contributed by atoms with Gasteiger partial charge in [-0.2, -0.15) is 5.01 Å². The van der Waals surface area contributed by atoms with Gasteiger partial charge < -0.3 is 4.42 Å². The van der Waals surface area contributed by atoms with Gasteiger partial charge in [-0.05, 0) is 42.6 Å². The van der Waals surface area contributed by atoms with Gasteiger partial charge in [0, 0.05) is 6.07 Å². The molecule has 1 aromatic heterocycles. The standard InChI is InChI=1S/C17H11N3O5S2/c21-15(12-7-1-2-8-13(12)20(23)24)18-19-16(22)14(27-17(19)26)9-3-5-11-6-4-10-25-11/h1-10H,(H,18,21)/b5-3+,14-9+. The molecule has 0 spiro atoms. The van der Waals surface area contributed by atoms with Gasteiger partial charge in [-0.25, -0.2) is 0 Å². The average Bonchev–Trinajstić information content (AvgIpc) is 3.26. The molecule has 1 fully saturated rings. The quantitative estimate of drug-likeness (QED) is 0.355. The largest absolute Gasteiger partial charge is 0.465 e. The normalized spacial score (nSPS) is 15.7. The number of hydrogen-bond donors (Lipinski definition) is 1. The summed E-state index contributed by atoms with van der Waals surface area (Å²) in [6.45, 7) is 0. The van der Waals surface area contributed by atoms with Crippen LogP contribution in [0, 0.1) is 10.1 Å². The molecular formula is C17H11N3O5S2. The Morgan fingerprint density at radius 3 is 2.78 bits per heavy atom. The number of para-hydroxylation sites is 1. The number of thioether (sulfide) groups is 1. The molecule has 0 atom stereocenters. The molecule has 2 heterocycles. The molecule has 1 aliphatic heterocycles. The molecule has 1 N–H and O–H groups in total. The SMILES string of the molecule is O=C(NN1C(=O)/C(=C\C=C\c2ccco2)SC1=S)c1ccccc1[N+](=O)[O-]. The number of carbonyl (C=O) groups is 2. The van der Waals surface area contributed by atoms with Crippen molar-refractivity contribution in [2.24, 2.45) is 0 Å². The maximum absolute atomic E-state index is 12.4. The highest BCUT2D eigenvalue weighted by Gasteiger charge is 2.34. The van der Waals surface area contributed by atoms with Crippen LogP contribution in [0.2, 0.25) is 0 Å². The number of carbonyl (C=O) groups excluding carboxylic acids is 2. The summed E-state index contributed by atoms with van der Waals surface area (Å²) in [4.78, 5) is 35.5. The van der Waals surface area contributed by atoms with E-state index in [1.54, 1.807) is 30.4 Å². The maximum Gasteiger partial charge on any atom is 0.285 e. The molecule has 3 rings (SSSR count). The summed E-state index contributed by atoms with van der Waals surface area (Å²) >= 11 is 6.12. The molecule has 1 aromatic carbocycles. The smallest absolute Gasteiger partial charge is 0.285 e. The average molecular weight is 401 g/mol. The molecule has 10 heteroatoms. The molecule has 1 saturated heterocycles. The fourth-order valence-electron chi connectivity index (χ4n) is 2.18. The van der Waals surface area contributed by atoms with E-state index < -0.39 is 16.7 Å². The predicted molar refractivity (Wildman–Crippen MR) is 103 cm³/mol. The first-order chi connectivity index (χ1) is 13.0. The Hall–Kier alpha value is -3.24. The first-order valence-corrected chi connectivity index (χ1v) is 8.72. The minimum absolute atomic E-state index is 0.115. The molecule has 0 aliphatic carbocycles. The van der Waals surface area contributed by atoms with E-state index in [9.17, 15) is 19.7 Å². The first-order valence-electron chi connectivity index (χ1n) is 7.50. The maximum atomic E-state index is 12.4. The van der Waals surface area contributed by atoms with Crippen LogP contribution in [0.3, 0.4) is 0 Å². The molecular weight excluding hydrogens is 390 g/mol. The lowest BCUT2D eigenvalue weighted by Gasteiger charge is -2.15. The van der Waals surface area contributed by atoms with Gasteiger partial charge >= 0.3 is 0 Å². The number of nitro groups is 1. The lowest BCUT2D eigenvalue weighted by Crippen LogP contribution is -2.45. The Morgan fingerprint density at radius 2 is 2.07 bits per heavy atom. The number of allylic oxidation sites excluding steroid dienone is 2. The second-order valence-electron chi connectivity index (χ2n) is 5.13. The monoisotopic (exact) mass is 401 g/mol. The Bertz CT molecular complexity index is 982. The number of benzene rings is 1. The number of rotatable bonds is 5. The van der Waals surface area contributed by atoms with Gasteiger partial charge in [0.25, 0.3) is 17.5 Å². The zero-order valence-corrected chi connectivity index (χ0v) is 15.2. The number of furan rings is 1. The van der Waals surface area contributed by atoms with E-state index in [-0.39, 0.29) is 15.6 Å². The summed E-state index contributed by atoms with van der Waals surface area (Å²) in [5.41, 5.74) is 1.79. The van der Waals surface area contributed by atoms with Crippen molar-refractivity contribution in [1.82, 2.24) is 10.4 Å². The van der Waals surface area contributed by atoms with Gasteiger partial charge in [-0.3, -0.25) is 25.1 Å². The van der Waals surface area contributed by atoms with Crippen LogP contribution >= 0.6 is 24.0 Å². The highest BCUT2D eigenvalue weighted by Crippen LogP contribution is 2.30. The van der Waals surface area contributed by atoms with E-state index in [1.165, 1.54) is 30.5 Å². The highest BCUT2D eigenvalue weighted by molar-refractivity contribution is 8.26. The molecule has 0 unspecified atom stereocenters. The van der Waals surface area contributed by atoms with E-state index in [0.29, 0.717) is 10.7 Å². The number of nitro benzene ring substituents is 1. The number of hydrazine groups is 1. The Balaban J connectivity index is 1.74. The zero-order chi connectivity index (χ0) is 19.4. The summed E-state index contributed by atoms with van der Waals surface area (Å²) in [6.07, 6.45) is 6.35. The van der Waals surface area contributed by atoms with Crippen molar-refractivity contribution in [1.29, 1.82) is 0 Å². The molecule has 1 aliphatic rings. The van der Waals surface area contributed by atoms with Gasteiger partial charge in [-0.1, -0.05) is 30.0 Å². The van der Waals surface area contributed by atoms with E-state index in [0.717, 1.165) is 16.8 Å². The van der Waals surface area contributed by atoms with Gasteiger partial charge in [0.2, 0.25) is 0 Å². The molecule has 2 amide bonds. The third-order valence-corrected chi connectivity index (χ3v) is 4.72. The van der Waals surface area contributed by atoms with Crippen LogP contribution < -0.4 is 5.43 Å². The van der Waals surface area contributed by atoms with Crippen molar-refractivity contribution in [3.05, 3.63) is 81.2 Å².